The lowest BCUT2D eigenvalue weighted by atomic mass is 10.1. The van der Waals surface area contributed by atoms with Gasteiger partial charge in [-0.2, -0.15) is 18.2 Å². The Balaban J connectivity index is 1.81. The van der Waals surface area contributed by atoms with E-state index in [1.165, 1.54) is 0 Å². The van der Waals surface area contributed by atoms with Gasteiger partial charge in [0.15, 0.2) is 5.69 Å². The van der Waals surface area contributed by atoms with Crippen LogP contribution in [0.15, 0.2) is 24.3 Å². The highest BCUT2D eigenvalue weighted by molar-refractivity contribution is 7.21. The Hall–Kier alpha value is -2.54. The molecule has 0 bridgehead atoms. The van der Waals surface area contributed by atoms with Gasteiger partial charge in [-0.05, 0) is 25.0 Å². The zero-order valence-electron chi connectivity index (χ0n) is 19.1. The van der Waals surface area contributed by atoms with E-state index in [0.717, 1.165) is 30.6 Å². The van der Waals surface area contributed by atoms with Crippen LogP contribution >= 0.6 is 11.3 Å². The second kappa shape index (κ2) is 10.6. The van der Waals surface area contributed by atoms with Gasteiger partial charge in [-0.15, -0.1) is 11.3 Å². The first-order valence-corrected chi connectivity index (χ1v) is 12.4. The van der Waals surface area contributed by atoms with Crippen molar-refractivity contribution in [2.45, 2.75) is 57.0 Å². The number of aliphatic hydroxyl groups is 3. The predicted octanol–water partition coefficient (Wildman–Crippen LogP) is 3.89. The van der Waals surface area contributed by atoms with Crippen LogP contribution in [-0.4, -0.2) is 61.7 Å². The highest BCUT2D eigenvalue weighted by atomic mass is 32.1. The molecule has 3 aromatic rings. The minimum absolute atomic E-state index is 0.0882. The maximum atomic E-state index is 14.3. The van der Waals surface area contributed by atoms with Gasteiger partial charge in [-0.1, -0.05) is 31.9 Å². The Bertz CT molecular complexity index is 1130. The monoisotopic (exact) mass is 511 g/mol. The van der Waals surface area contributed by atoms with E-state index >= 15 is 0 Å². The molecular weight excluding hydrogens is 483 g/mol. The van der Waals surface area contributed by atoms with Crippen molar-refractivity contribution < 1.29 is 28.5 Å². The molecule has 4 atom stereocenters. The molecule has 1 saturated carbocycles. The van der Waals surface area contributed by atoms with Crippen molar-refractivity contribution in [3.05, 3.63) is 30.0 Å². The molecule has 1 aliphatic carbocycles. The number of anilines is 2. The van der Waals surface area contributed by atoms with Gasteiger partial charge in [0, 0.05) is 19.1 Å². The van der Waals surface area contributed by atoms with E-state index in [2.05, 4.69) is 25.6 Å². The standard InChI is InChI=1S/C23H28F3N5O3S/c1-2-3-6-9-27-22-30-19(23(24,25)26)16(21-29-13-7-4-5-8-15(13)35-21)20(31-22)28-14-10-12(11-32)17(33)18(14)34/h4-5,7-8,12,14,17-18,32-34H,2-3,6,9-11H2,1H3,(H2,27,28,30,31)/t12-,14-,17-,18+/m1/s1. The summed E-state index contributed by atoms with van der Waals surface area (Å²) in [4.78, 5) is 12.6. The van der Waals surface area contributed by atoms with Gasteiger partial charge in [0.05, 0.1) is 27.9 Å². The number of unbranched alkanes of at least 4 members (excludes halogenated alkanes) is 2. The van der Waals surface area contributed by atoms with Gasteiger partial charge < -0.3 is 26.0 Å². The first-order chi connectivity index (χ1) is 16.7. The molecule has 2 heterocycles. The number of hydrogen-bond donors (Lipinski definition) is 5. The number of nitrogens with zero attached hydrogens (tertiary/aromatic N) is 3. The summed E-state index contributed by atoms with van der Waals surface area (Å²) in [6.07, 6.45) is -4.54. The molecule has 12 heteroatoms. The van der Waals surface area contributed by atoms with Crippen LogP contribution in [0, 0.1) is 5.92 Å². The number of benzene rings is 1. The summed E-state index contributed by atoms with van der Waals surface area (Å²) in [5, 5.41) is 36.0. The number of para-hydroxylation sites is 1. The topological polar surface area (TPSA) is 123 Å². The van der Waals surface area contributed by atoms with E-state index in [0.29, 0.717) is 16.8 Å². The molecule has 1 fully saturated rings. The van der Waals surface area contributed by atoms with Crippen molar-refractivity contribution in [2.75, 3.05) is 23.8 Å². The van der Waals surface area contributed by atoms with Gasteiger partial charge in [0.25, 0.3) is 0 Å². The number of halogens is 3. The zero-order valence-corrected chi connectivity index (χ0v) is 19.9. The smallest absolute Gasteiger partial charge is 0.396 e. The van der Waals surface area contributed by atoms with Crippen LogP contribution in [0.5, 0.6) is 0 Å². The Morgan fingerprint density at radius 2 is 1.86 bits per heavy atom. The van der Waals surface area contributed by atoms with Crippen molar-refractivity contribution >= 4 is 33.3 Å². The summed E-state index contributed by atoms with van der Waals surface area (Å²) < 4.78 is 43.5. The van der Waals surface area contributed by atoms with Crippen LogP contribution in [0.25, 0.3) is 20.8 Å². The molecule has 1 aromatic carbocycles. The SMILES string of the molecule is CCCCCNc1nc(N[C@@H]2C[C@H](CO)[C@@H](O)[C@H]2O)c(-c2nc3ccccc3s2)c(C(F)(F)F)n1. The fraction of sp³-hybridized carbons (Fsp3) is 0.522. The summed E-state index contributed by atoms with van der Waals surface area (Å²) in [5.41, 5.74) is -0.907. The van der Waals surface area contributed by atoms with Crippen LogP contribution < -0.4 is 10.6 Å². The summed E-state index contributed by atoms with van der Waals surface area (Å²) >= 11 is 1.09. The summed E-state index contributed by atoms with van der Waals surface area (Å²) in [5.74, 6) is -0.935. The molecule has 2 aromatic heterocycles. The average Bonchev–Trinajstić information content (AvgIpc) is 3.37. The number of rotatable bonds is 9. The minimum atomic E-state index is -4.80. The van der Waals surface area contributed by atoms with Crippen LogP contribution in [-0.2, 0) is 6.18 Å². The molecular formula is C23H28F3N5O3S. The Morgan fingerprint density at radius 1 is 1.09 bits per heavy atom. The zero-order chi connectivity index (χ0) is 25.2. The van der Waals surface area contributed by atoms with Crippen molar-refractivity contribution in [1.29, 1.82) is 0 Å². The third-order valence-corrected chi connectivity index (χ3v) is 7.16. The maximum absolute atomic E-state index is 14.3. The van der Waals surface area contributed by atoms with Crippen LogP contribution in [0.3, 0.4) is 0 Å². The fourth-order valence-corrected chi connectivity index (χ4v) is 5.24. The highest BCUT2D eigenvalue weighted by Gasteiger charge is 2.43. The number of hydrogen-bond acceptors (Lipinski definition) is 9. The number of thiazole rings is 1. The molecule has 0 spiro atoms. The largest absolute Gasteiger partial charge is 0.434 e. The normalized spacial score (nSPS) is 22.6. The summed E-state index contributed by atoms with van der Waals surface area (Å²) in [6, 6.07) is 6.19. The third-order valence-electron chi connectivity index (χ3n) is 6.11. The lowest BCUT2D eigenvalue weighted by Crippen LogP contribution is -2.36. The van der Waals surface area contributed by atoms with Gasteiger partial charge in [0.2, 0.25) is 5.95 Å². The van der Waals surface area contributed by atoms with Gasteiger partial charge >= 0.3 is 6.18 Å². The lowest BCUT2D eigenvalue weighted by Gasteiger charge is -2.22. The fourth-order valence-electron chi connectivity index (χ4n) is 4.23. The maximum Gasteiger partial charge on any atom is 0.434 e. The molecule has 5 N–H and O–H groups in total. The van der Waals surface area contributed by atoms with Crippen molar-refractivity contribution in [3.63, 3.8) is 0 Å². The van der Waals surface area contributed by atoms with Crippen LogP contribution in [0.2, 0.25) is 0 Å². The molecule has 1 aliphatic rings. The van der Waals surface area contributed by atoms with Crippen molar-refractivity contribution in [1.82, 2.24) is 15.0 Å². The molecule has 8 nitrogen and oxygen atoms in total. The lowest BCUT2D eigenvalue weighted by molar-refractivity contribution is -0.140. The second-order valence-corrected chi connectivity index (χ2v) is 9.68. The molecule has 0 amide bonds. The Kier molecular flexibility index (Phi) is 7.74. The van der Waals surface area contributed by atoms with Crippen LogP contribution in [0.1, 0.15) is 38.3 Å². The molecule has 0 unspecified atom stereocenters. The molecule has 190 valence electrons. The Labute approximate surface area is 204 Å². The molecule has 0 saturated heterocycles. The highest BCUT2D eigenvalue weighted by Crippen LogP contribution is 2.43. The number of nitrogens with one attached hydrogen (secondary N) is 2. The van der Waals surface area contributed by atoms with Gasteiger partial charge in [-0.25, -0.2) is 9.97 Å². The first kappa shape index (κ1) is 25.5. The predicted molar refractivity (Wildman–Crippen MR) is 128 cm³/mol. The van der Waals surface area contributed by atoms with E-state index in [4.69, 9.17) is 0 Å². The van der Waals surface area contributed by atoms with E-state index < -0.39 is 36.0 Å². The summed E-state index contributed by atoms with van der Waals surface area (Å²) in [7, 11) is 0. The summed E-state index contributed by atoms with van der Waals surface area (Å²) in [6.45, 7) is 2.07. The molecule has 0 radical (unpaired) electrons. The van der Waals surface area contributed by atoms with Crippen LogP contribution in [0.4, 0.5) is 24.9 Å². The molecule has 0 aliphatic heterocycles. The number of fused-ring (bicyclic) bond motifs is 1. The van der Waals surface area contributed by atoms with E-state index in [1.54, 1.807) is 24.3 Å². The van der Waals surface area contributed by atoms with Gasteiger partial charge in [0.1, 0.15) is 16.9 Å². The number of aromatic nitrogens is 3. The van der Waals surface area contributed by atoms with Gasteiger partial charge in [-0.3, -0.25) is 0 Å². The molecule has 35 heavy (non-hydrogen) atoms. The first-order valence-electron chi connectivity index (χ1n) is 11.6. The minimum Gasteiger partial charge on any atom is -0.396 e. The van der Waals surface area contributed by atoms with E-state index in [1.807, 2.05) is 6.92 Å². The number of alkyl halides is 3. The third kappa shape index (κ3) is 5.50. The van der Waals surface area contributed by atoms with E-state index in [-0.39, 0.29) is 35.4 Å². The average molecular weight is 512 g/mol. The van der Waals surface area contributed by atoms with Crippen molar-refractivity contribution in [2.24, 2.45) is 5.92 Å². The molecule has 4 rings (SSSR count). The number of aliphatic hydroxyl groups excluding tert-OH is 3. The van der Waals surface area contributed by atoms with E-state index in [9.17, 15) is 28.5 Å². The second-order valence-electron chi connectivity index (χ2n) is 8.65. The Morgan fingerprint density at radius 3 is 2.51 bits per heavy atom. The van der Waals surface area contributed by atoms with Crippen molar-refractivity contribution in [3.8, 4) is 10.6 Å². The quantitative estimate of drug-likeness (QED) is 0.274.